The molecule has 0 spiro atoms. The van der Waals surface area contributed by atoms with Crippen LogP contribution in [0.4, 0.5) is 5.82 Å². The van der Waals surface area contributed by atoms with E-state index in [4.69, 9.17) is 33.7 Å². The molecule has 1 unspecified atom stereocenters. The highest BCUT2D eigenvalue weighted by molar-refractivity contribution is 7.80. The number of hydrogen-bond donors (Lipinski definition) is 1. The molecule has 2 atom stereocenters. The van der Waals surface area contributed by atoms with Crippen molar-refractivity contribution in [1.82, 2.24) is 9.97 Å². The van der Waals surface area contributed by atoms with Crippen LogP contribution in [0.5, 0.6) is 0 Å². The Bertz CT molecular complexity index is 514. The van der Waals surface area contributed by atoms with E-state index in [-0.39, 0.29) is 16.6 Å². The van der Waals surface area contributed by atoms with Crippen LogP contribution in [-0.4, -0.2) is 49.0 Å². The average Bonchev–Trinajstić information content (AvgIpc) is 2.55. The Kier molecular flexibility index (Phi) is 5.44. The zero-order chi connectivity index (χ0) is 15.5. The van der Waals surface area contributed by atoms with Crippen LogP contribution in [0, 0.1) is 5.92 Å². The van der Waals surface area contributed by atoms with Gasteiger partial charge in [-0.2, -0.15) is 12.6 Å². The summed E-state index contributed by atoms with van der Waals surface area (Å²) in [6.45, 7) is 5.97. The number of hydrogen-bond acceptors (Lipinski definition) is 6. The summed E-state index contributed by atoms with van der Waals surface area (Å²) >= 11 is 11.0. The van der Waals surface area contributed by atoms with E-state index < -0.39 is 0 Å². The van der Waals surface area contributed by atoms with Crippen molar-refractivity contribution in [2.45, 2.75) is 31.1 Å². The van der Waals surface area contributed by atoms with Crippen LogP contribution in [0.1, 0.15) is 30.7 Å². The van der Waals surface area contributed by atoms with Crippen LogP contribution in [0.15, 0.2) is 6.07 Å². The minimum atomic E-state index is 0.0690. The molecule has 0 N–H and O–H groups in total. The Morgan fingerprint density at radius 1 is 1.27 bits per heavy atom. The van der Waals surface area contributed by atoms with Crippen LogP contribution in [0.3, 0.4) is 0 Å². The lowest BCUT2D eigenvalue weighted by Crippen LogP contribution is -2.44. The Labute approximate surface area is 141 Å². The number of morpholine rings is 1. The normalized spacial score (nSPS) is 25.2. The van der Waals surface area contributed by atoms with Gasteiger partial charge < -0.3 is 14.4 Å². The molecule has 2 saturated heterocycles. The maximum Gasteiger partial charge on any atom is 0.224 e. The maximum absolute atomic E-state index is 6.16. The quantitative estimate of drug-likeness (QED) is 0.675. The first kappa shape index (κ1) is 16.3. The lowest BCUT2D eigenvalue weighted by Gasteiger charge is -2.34. The van der Waals surface area contributed by atoms with Gasteiger partial charge in [0.2, 0.25) is 5.28 Å². The molecule has 3 heterocycles. The fourth-order valence-corrected chi connectivity index (χ4v) is 3.68. The Morgan fingerprint density at radius 2 is 2.05 bits per heavy atom. The fourth-order valence-electron chi connectivity index (χ4n) is 3.06. The van der Waals surface area contributed by atoms with E-state index in [0.717, 1.165) is 44.1 Å². The molecule has 122 valence electrons. The fraction of sp³-hybridized carbons (Fsp3) is 0.733. The van der Waals surface area contributed by atoms with Gasteiger partial charge in [0.1, 0.15) is 5.82 Å². The van der Waals surface area contributed by atoms with E-state index in [0.29, 0.717) is 19.1 Å². The van der Waals surface area contributed by atoms with Crippen LogP contribution in [0.25, 0.3) is 0 Å². The average molecular weight is 344 g/mol. The van der Waals surface area contributed by atoms with Crippen molar-refractivity contribution < 1.29 is 9.47 Å². The van der Waals surface area contributed by atoms with Gasteiger partial charge in [-0.15, -0.1) is 0 Å². The van der Waals surface area contributed by atoms with Crippen LogP contribution < -0.4 is 4.90 Å². The molecule has 5 nitrogen and oxygen atoms in total. The van der Waals surface area contributed by atoms with Crippen molar-refractivity contribution in [3.8, 4) is 0 Å². The van der Waals surface area contributed by atoms with Crippen molar-refractivity contribution in [2.24, 2.45) is 5.92 Å². The molecule has 22 heavy (non-hydrogen) atoms. The first-order chi connectivity index (χ1) is 10.6. The van der Waals surface area contributed by atoms with Crippen LogP contribution >= 0.6 is 24.2 Å². The number of anilines is 1. The lowest BCUT2D eigenvalue weighted by atomic mass is 9.94. The number of thiol groups is 1. The Balaban J connectivity index is 1.82. The first-order valence-corrected chi connectivity index (χ1v) is 8.69. The minimum Gasteiger partial charge on any atom is -0.381 e. The molecule has 0 aromatic carbocycles. The number of ether oxygens (including phenoxy) is 2. The van der Waals surface area contributed by atoms with Gasteiger partial charge in [-0.25, -0.2) is 9.97 Å². The number of nitrogens with zero attached hydrogens (tertiary/aromatic N) is 3. The highest BCUT2D eigenvalue weighted by Crippen LogP contribution is 2.35. The molecule has 0 radical (unpaired) electrons. The molecule has 1 aromatic rings. The predicted molar refractivity (Wildman–Crippen MR) is 89.9 cm³/mol. The third-order valence-corrected chi connectivity index (χ3v) is 5.24. The van der Waals surface area contributed by atoms with Crippen molar-refractivity contribution in [3.05, 3.63) is 17.0 Å². The number of halogens is 1. The maximum atomic E-state index is 6.16. The van der Waals surface area contributed by atoms with E-state index in [2.05, 4.69) is 21.8 Å². The zero-order valence-electron chi connectivity index (χ0n) is 12.7. The summed E-state index contributed by atoms with van der Waals surface area (Å²) in [5.41, 5.74) is 0.906. The van der Waals surface area contributed by atoms with Gasteiger partial charge in [-0.3, -0.25) is 0 Å². The highest BCUT2D eigenvalue weighted by atomic mass is 35.5. The topological polar surface area (TPSA) is 47.5 Å². The van der Waals surface area contributed by atoms with Gasteiger partial charge in [0.25, 0.3) is 0 Å². The molecule has 0 amide bonds. The second-order valence-electron chi connectivity index (χ2n) is 5.93. The summed E-state index contributed by atoms with van der Waals surface area (Å²) in [6, 6.07) is 2.31. The second-order valence-corrected chi connectivity index (χ2v) is 6.83. The summed E-state index contributed by atoms with van der Waals surface area (Å²) in [6.07, 6.45) is 2.03. The molecule has 2 aliphatic heterocycles. The summed E-state index contributed by atoms with van der Waals surface area (Å²) in [5, 5.41) is 0.358. The van der Waals surface area contributed by atoms with Crippen molar-refractivity contribution >= 4 is 30.0 Å². The monoisotopic (exact) mass is 343 g/mol. The van der Waals surface area contributed by atoms with Gasteiger partial charge in [0.15, 0.2) is 0 Å². The molecule has 0 bridgehead atoms. The van der Waals surface area contributed by atoms with E-state index in [9.17, 15) is 0 Å². The van der Waals surface area contributed by atoms with E-state index in [1.165, 1.54) is 0 Å². The third kappa shape index (κ3) is 3.67. The Morgan fingerprint density at radius 3 is 2.77 bits per heavy atom. The molecule has 2 fully saturated rings. The SMILES string of the molecule is C[C@H]1COCCN1c1cc(C(S)C2CCOCC2)nc(Cl)n1. The van der Waals surface area contributed by atoms with Gasteiger partial charge in [-0.1, -0.05) is 0 Å². The van der Waals surface area contributed by atoms with Crippen LogP contribution in [-0.2, 0) is 9.47 Å². The molecule has 1 aromatic heterocycles. The van der Waals surface area contributed by atoms with Gasteiger partial charge in [0, 0.05) is 31.1 Å². The molecular weight excluding hydrogens is 322 g/mol. The van der Waals surface area contributed by atoms with Crippen LogP contribution in [0.2, 0.25) is 5.28 Å². The molecule has 2 aliphatic rings. The highest BCUT2D eigenvalue weighted by Gasteiger charge is 2.26. The van der Waals surface area contributed by atoms with Crippen molar-refractivity contribution in [3.63, 3.8) is 0 Å². The zero-order valence-corrected chi connectivity index (χ0v) is 14.4. The predicted octanol–water partition coefficient (Wildman–Crippen LogP) is 2.75. The van der Waals surface area contributed by atoms with E-state index in [1.807, 2.05) is 6.07 Å². The molecule has 0 aliphatic carbocycles. The Hall–Kier alpha value is -0.560. The van der Waals surface area contributed by atoms with Gasteiger partial charge in [0.05, 0.1) is 24.9 Å². The third-order valence-electron chi connectivity index (χ3n) is 4.38. The standard InChI is InChI=1S/C15H22ClN3O2S/c1-10-9-21-7-4-19(10)13-8-12(17-15(16)18-13)14(22)11-2-5-20-6-3-11/h8,10-11,14,22H,2-7,9H2,1H3/t10-,14?/m0/s1. The van der Waals surface area contributed by atoms with Crippen molar-refractivity contribution in [1.29, 1.82) is 0 Å². The summed E-state index contributed by atoms with van der Waals surface area (Å²) in [4.78, 5) is 11.0. The van der Waals surface area contributed by atoms with Gasteiger partial charge >= 0.3 is 0 Å². The largest absolute Gasteiger partial charge is 0.381 e. The van der Waals surface area contributed by atoms with E-state index >= 15 is 0 Å². The van der Waals surface area contributed by atoms with Crippen molar-refractivity contribution in [2.75, 3.05) is 37.9 Å². The number of aromatic nitrogens is 2. The second kappa shape index (κ2) is 7.34. The summed E-state index contributed by atoms with van der Waals surface area (Å²) < 4.78 is 10.9. The molecule has 0 saturated carbocycles. The summed E-state index contributed by atoms with van der Waals surface area (Å²) in [5.74, 6) is 1.34. The van der Waals surface area contributed by atoms with E-state index in [1.54, 1.807) is 0 Å². The summed E-state index contributed by atoms with van der Waals surface area (Å²) in [7, 11) is 0. The molecule has 7 heteroatoms. The smallest absolute Gasteiger partial charge is 0.224 e. The molecular formula is C15H22ClN3O2S. The van der Waals surface area contributed by atoms with Gasteiger partial charge in [-0.05, 0) is 37.3 Å². The molecule has 3 rings (SSSR count). The number of rotatable bonds is 3. The lowest BCUT2D eigenvalue weighted by molar-refractivity contribution is 0.0655. The first-order valence-electron chi connectivity index (χ1n) is 7.80. The minimum absolute atomic E-state index is 0.0690.